The van der Waals surface area contributed by atoms with Crippen molar-refractivity contribution in [2.24, 2.45) is 0 Å². The van der Waals surface area contributed by atoms with E-state index in [1.807, 2.05) is 6.92 Å². The number of hydrogen-bond donors (Lipinski definition) is 2. The van der Waals surface area contributed by atoms with Crippen molar-refractivity contribution < 1.29 is 23.1 Å². The van der Waals surface area contributed by atoms with Crippen molar-refractivity contribution >= 4 is 27.3 Å². The number of aryl methyl sites for hydroxylation is 1. The monoisotopic (exact) mass is 307 g/mol. The van der Waals surface area contributed by atoms with E-state index in [0.29, 0.717) is 24.5 Å². The summed E-state index contributed by atoms with van der Waals surface area (Å²) in [5.74, 6) is -1.12. The molecular weight excluding hydrogens is 290 g/mol. The summed E-state index contributed by atoms with van der Waals surface area (Å²) in [5.41, 5.74) is 0. The molecule has 108 valence electrons. The van der Waals surface area contributed by atoms with Gasteiger partial charge in [-0.2, -0.15) is 0 Å². The van der Waals surface area contributed by atoms with E-state index in [9.17, 15) is 13.2 Å². The number of rotatable bonds is 8. The van der Waals surface area contributed by atoms with Crippen molar-refractivity contribution in [1.82, 2.24) is 4.72 Å². The Morgan fingerprint density at radius 2 is 2.21 bits per heavy atom. The predicted molar refractivity (Wildman–Crippen MR) is 72.3 cm³/mol. The van der Waals surface area contributed by atoms with E-state index in [0.717, 1.165) is 11.3 Å². The molecule has 2 N–H and O–H groups in total. The lowest BCUT2D eigenvalue weighted by molar-refractivity contribution is 0.0702. The van der Waals surface area contributed by atoms with Crippen LogP contribution in [0.5, 0.6) is 0 Å². The van der Waals surface area contributed by atoms with Crippen LogP contribution in [0.3, 0.4) is 0 Å². The van der Waals surface area contributed by atoms with E-state index < -0.39 is 16.0 Å². The Morgan fingerprint density at radius 1 is 1.53 bits per heavy atom. The number of thiophene rings is 1. The van der Waals surface area contributed by atoms with Crippen LogP contribution in [0, 0.1) is 6.92 Å². The molecule has 0 saturated heterocycles. The molecule has 1 aromatic heterocycles. The number of sulfonamides is 1. The number of nitrogens with one attached hydrogen (secondary N) is 1. The van der Waals surface area contributed by atoms with E-state index >= 15 is 0 Å². The quantitative estimate of drug-likeness (QED) is 0.709. The summed E-state index contributed by atoms with van der Waals surface area (Å²) in [4.78, 5) is 11.3. The molecule has 0 aliphatic rings. The molecule has 1 heterocycles. The molecule has 0 amide bonds. The zero-order valence-electron chi connectivity index (χ0n) is 10.8. The minimum absolute atomic E-state index is 0.0205. The van der Waals surface area contributed by atoms with Crippen molar-refractivity contribution in [3.8, 4) is 0 Å². The number of carboxylic acids is 1. The molecule has 8 heteroatoms. The first-order chi connectivity index (χ1) is 8.88. The van der Waals surface area contributed by atoms with E-state index in [1.54, 1.807) is 6.92 Å². The first-order valence-electron chi connectivity index (χ1n) is 5.79. The van der Waals surface area contributed by atoms with Gasteiger partial charge in [0.15, 0.2) is 0 Å². The zero-order chi connectivity index (χ0) is 14.5. The van der Waals surface area contributed by atoms with Gasteiger partial charge in [-0.3, -0.25) is 0 Å². The van der Waals surface area contributed by atoms with Gasteiger partial charge in [0.1, 0.15) is 4.88 Å². The number of hydrogen-bond acceptors (Lipinski definition) is 5. The van der Waals surface area contributed by atoms with Crippen LogP contribution in [-0.2, 0) is 14.8 Å². The Bertz CT molecular complexity index is 535. The smallest absolute Gasteiger partial charge is 0.345 e. The molecule has 0 aliphatic heterocycles. The summed E-state index contributed by atoms with van der Waals surface area (Å²) in [5, 5.41) is 8.84. The van der Waals surface area contributed by atoms with Gasteiger partial charge in [0, 0.05) is 24.6 Å². The topological polar surface area (TPSA) is 92.7 Å². The second-order valence-electron chi connectivity index (χ2n) is 3.78. The van der Waals surface area contributed by atoms with Crippen molar-refractivity contribution in [3.05, 3.63) is 15.8 Å². The zero-order valence-corrected chi connectivity index (χ0v) is 12.4. The first-order valence-corrected chi connectivity index (χ1v) is 8.09. The van der Waals surface area contributed by atoms with Gasteiger partial charge in [-0.15, -0.1) is 11.3 Å². The molecule has 0 unspecified atom stereocenters. The number of carbonyl (C=O) groups is 1. The van der Waals surface area contributed by atoms with Gasteiger partial charge >= 0.3 is 5.97 Å². The van der Waals surface area contributed by atoms with Gasteiger partial charge in [0.05, 0.1) is 4.90 Å². The standard InChI is InChI=1S/C11H17NO5S2/c1-3-17-6-4-5-12-19(15,16)10-7-9(11(13)14)18-8(10)2/h7,12H,3-6H2,1-2H3,(H,13,14). The highest BCUT2D eigenvalue weighted by Gasteiger charge is 2.21. The molecule has 0 spiro atoms. The maximum Gasteiger partial charge on any atom is 0.345 e. The summed E-state index contributed by atoms with van der Waals surface area (Å²) in [6, 6.07) is 1.19. The highest BCUT2D eigenvalue weighted by atomic mass is 32.2. The minimum atomic E-state index is -3.65. The van der Waals surface area contributed by atoms with Gasteiger partial charge in [-0.1, -0.05) is 0 Å². The van der Waals surface area contributed by atoms with Crippen molar-refractivity contribution in [2.45, 2.75) is 25.2 Å². The minimum Gasteiger partial charge on any atom is -0.477 e. The maximum absolute atomic E-state index is 12.0. The second kappa shape index (κ2) is 6.99. The fourth-order valence-corrected chi connectivity index (χ4v) is 3.94. The summed E-state index contributed by atoms with van der Waals surface area (Å²) < 4.78 is 31.5. The Balaban J connectivity index is 2.69. The molecule has 1 aromatic rings. The average molecular weight is 307 g/mol. The molecule has 19 heavy (non-hydrogen) atoms. The maximum atomic E-state index is 12.0. The van der Waals surface area contributed by atoms with Crippen LogP contribution < -0.4 is 4.72 Å². The number of ether oxygens (including phenoxy) is 1. The third-order valence-electron chi connectivity index (χ3n) is 2.33. The lowest BCUT2D eigenvalue weighted by Crippen LogP contribution is -2.25. The normalized spacial score (nSPS) is 11.7. The van der Waals surface area contributed by atoms with E-state index in [1.165, 1.54) is 6.07 Å². The van der Waals surface area contributed by atoms with E-state index in [4.69, 9.17) is 9.84 Å². The van der Waals surface area contributed by atoms with Crippen LogP contribution in [0.25, 0.3) is 0 Å². The molecule has 0 saturated carbocycles. The fraction of sp³-hybridized carbons (Fsp3) is 0.545. The second-order valence-corrected chi connectivity index (χ2v) is 6.78. The van der Waals surface area contributed by atoms with Gasteiger partial charge < -0.3 is 9.84 Å². The van der Waals surface area contributed by atoms with Gasteiger partial charge in [0.25, 0.3) is 0 Å². The molecular formula is C11H17NO5S2. The van der Waals surface area contributed by atoms with Crippen LogP contribution in [0.2, 0.25) is 0 Å². The average Bonchev–Trinajstić information content (AvgIpc) is 2.72. The highest BCUT2D eigenvalue weighted by Crippen LogP contribution is 2.25. The van der Waals surface area contributed by atoms with Gasteiger partial charge in [0.2, 0.25) is 10.0 Å². The summed E-state index contributed by atoms with van der Waals surface area (Å²) in [7, 11) is -3.65. The number of carboxylic acid groups (broad SMARTS) is 1. The molecule has 0 fully saturated rings. The molecule has 0 aromatic carbocycles. The predicted octanol–water partition coefficient (Wildman–Crippen LogP) is 1.46. The third-order valence-corrected chi connectivity index (χ3v) is 5.09. The summed E-state index contributed by atoms with van der Waals surface area (Å²) in [6.45, 7) is 4.80. The molecule has 0 aliphatic carbocycles. The summed E-state index contributed by atoms with van der Waals surface area (Å²) in [6.07, 6.45) is 0.571. The van der Waals surface area contributed by atoms with Crippen molar-refractivity contribution in [1.29, 1.82) is 0 Å². The molecule has 0 radical (unpaired) electrons. The van der Waals surface area contributed by atoms with Crippen molar-refractivity contribution in [3.63, 3.8) is 0 Å². The lowest BCUT2D eigenvalue weighted by Gasteiger charge is -2.06. The Kier molecular flexibility index (Phi) is 5.92. The third kappa shape index (κ3) is 4.57. The van der Waals surface area contributed by atoms with Gasteiger partial charge in [-0.25, -0.2) is 17.9 Å². The SMILES string of the molecule is CCOCCCNS(=O)(=O)c1cc(C(=O)O)sc1C. The van der Waals surface area contributed by atoms with E-state index in [-0.39, 0.29) is 16.3 Å². The largest absolute Gasteiger partial charge is 0.477 e. The number of aromatic carboxylic acids is 1. The first kappa shape index (κ1) is 16.1. The Morgan fingerprint density at radius 3 is 2.74 bits per heavy atom. The Labute approximate surface area is 116 Å². The summed E-state index contributed by atoms with van der Waals surface area (Å²) >= 11 is 0.953. The van der Waals surface area contributed by atoms with Crippen LogP contribution in [0.1, 0.15) is 27.9 Å². The van der Waals surface area contributed by atoms with Gasteiger partial charge in [-0.05, 0) is 26.3 Å². The van der Waals surface area contributed by atoms with Crippen LogP contribution in [0.15, 0.2) is 11.0 Å². The molecule has 0 bridgehead atoms. The Hall–Kier alpha value is -0.960. The molecule has 0 atom stereocenters. The van der Waals surface area contributed by atoms with Crippen LogP contribution >= 0.6 is 11.3 Å². The lowest BCUT2D eigenvalue weighted by atomic mass is 10.4. The van der Waals surface area contributed by atoms with E-state index in [2.05, 4.69) is 4.72 Å². The highest BCUT2D eigenvalue weighted by molar-refractivity contribution is 7.89. The molecule has 1 rings (SSSR count). The van der Waals surface area contributed by atoms with Crippen LogP contribution in [-0.4, -0.2) is 39.3 Å². The fourth-order valence-electron chi connectivity index (χ4n) is 1.44. The molecule has 6 nitrogen and oxygen atoms in total. The van der Waals surface area contributed by atoms with Crippen molar-refractivity contribution in [2.75, 3.05) is 19.8 Å². The van der Waals surface area contributed by atoms with Crippen LogP contribution in [0.4, 0.5) is 0 Å².